The minimum absolute atomic E-state index is 0.0931. The van der Waals surface area contributed by atoms with Crippen LogP contribution in [0.5, 0.6) is 0 Å². The molecule has 0 bridgehead atoms. The molecular weight excluding hydrogens is 279 g/mol. The lowest BCUT2D eigenvalue weighted by Crippen LogP contribution is -2.08. The Morgan fingerprint density at radius 3 is 2.60 bits per heavy atom. The fraction of sp³-hybridized carbons (Fsp3) is 0.286. The lowest BCUT2D eigenvalue weighted by Gasteiger charge is -2.04. The van der Waals surface area contributed by atoms with Crippen LogP contribution in [-0.4, -0.2) is 22.1 Å². The number of carbonyl (C=O) groups is 1. The molecule has 0 amide bonds. The number of nitrogens with zero attached hydrogens (tertiary/aromatic N) is 1. The Morgan fingerprint density at radius 2 is 2.05 bits per heavy atom. The largest absolute Gasteiger partial charge is 0.481 e. The van der Waals surface area contributed by atoms with E-state index in [0.717, 1.165) is 5.56 Å². The van der Waals surface area contributed by atoms with Crippen LogP contribution in [0.1, 0.15) is 18.7 Å². The van der Waals surface area contributed by atoms with Gasteiger partial charge >= 0.3 is 5.97 Å². The van der Waals surface area contributed by atoms with E-state index >= 15 is 0 Å². The van der Waals surface area contributed by atoms with Crippen molar-refractivity contribution in [1.82, 2.24) is 4.98 Å². The van der Waals surface area contributed by atoms with Crippen LogP contribution in [-0.2, 0) is 11.2 Å². The van der Waals surface area contributed by atoms with Gasteiger partial charge in [-0.05, 0) is 38.1 Å². The SMILES string of the molecule is CC(C)Nc1nc(-c2ccc(F)cc2)c(CC(=O)O)s1. The molecule has 0 fully saturated rings. The Kier molecular flexibility index (Phi) is 4.34. The van der Waals surface area contributed by atoms with E-state index in [0.29, 0.717) is 15.7 Å². The second-order valence-corrected chi connectivity index (χ2v) is 5.75. The number of thiazole rings is 1. The molecule has 0 aliphatic heterocycles. The minimum atomic E-state index is -0.909. The summed E-state index contributed by atoms with van der Waals surface area (Å²) < 4.78 is 13.0. The number of carboxylic acid groups (broad SMARTS) is 1. The smallest absolute Gasteiger partial charge is 0.308 e. The zero-order chi connectivity index (χ0) is 14.7. The maximum absolute atomic E-state index is 13.0. The van der Waals surface area contributed by atoms with Gasteiger partial charge in [0, 0.05) is 16.5 Å². The maximum atomic E-state index is 13.0. The molecule has 2 aromatic rings. The van der Waals surface area contributed by atoms with Crippen molar-refractivity contribution in [3.05, 3.63) is 35.0 Å². The standard InChI is InChI=1S/C14H15FN2O2S/c1-8(2)16-14-17-13(11(20-14)7-12(18)19)9-3-5-10(15)6-4-9/h3-6,8H,7H2,1-2H3,(H,16,17)(H,18,19). The van der Waals surface area contributed by atoms with Crippen molar-refractivity contribution in [2.75, 3.05) is 5.32 Å². The van der Waals surface area contributed by atoms with Crippen LogP contribution in [0.15, 0.2) is 24.3 Å². The predicted octanol–water partition coefficient (Wildman–Crippen LogP) is 3.40. The molecule has 4 nitrogen and oxygen atoms in total. The summed E-state index contributed by atoms with van der Waals surface area (Å²) >= 11 is 1.32. The molecule has 1 heterocycles. The highest BCUT2D eigenvalue weighted by Crippen LogP contribution is 2.32. The van der Waals surface area contributed by atoms with Gasteiger partial charge in [0.05, 0.1) is 12.1 Å². The molecule has 6 heteroatoms. The monoisotopic (exact) mass is 294 g/mol. The highest BCUT2D eigenvalue weighted by Gasteiger charge is 2.16. The zero-order valence-electron chi connectivity index (χ0n) is 11.2. The molecule has 0 spiro atoms. The number of aromatic nitrogens is 1. The van der Waals surface area contributed by atoms with E-state index in [4.69, 9.17) is 5.11 Å². The van der Waals surface area contributed by atoms with Crippen molar-refractivity contribution < 1.29 is 14.3 Å². The fourth-order valence-corrected chi connectivity index (χ4v) is 2.87. The van der Waals surface area contributed by atoms with Crippen LogP contribution >= 0.6 is 11.3 Å². The van der Waals surface area contributed by atoms with Gasteiger partial charge in [-0.2, -0.15) is 0 Å². The molecule has 0 aliphatic rings. The van der Waals surface area contributed by atoms with Crippen molar-refractivity contribution in [1.29, 1.82) is 0 Å². The van der Waals surface area contributed by atoms with Crippen LogP contribution in [0, 0.1) is 5.82 Å². The Morgan fingerprint density at radius 1 is 1.40 bits per heavy atom. The molecule has 0 atom stereocenters. The quantitative estimate of drug-likeness (QED) is 0.887. The van der Waals surface area contributed by atoms with E-state index in [9.17, 15) is 9.18 Å². The molecule has 2 N–H and O–H groups in total. The molecule has 106 valence electrons. The topological polar surface area (TPSA) is 62.2 Å². The molecular formula is C14H15FN2O2S. The van der Waals surface area contributed by atoms with Gasteiger partial charge in [-0.1, -0.05) is 0 Å². The van der Waals surface area contributed by atoms with Crippen molar-refractivity contribution in [3.8, 4) is 11.3 Å². The number of benzene rings is 1. The van der Waals surface area contributed by atoms with Crippen molar-refractivity contribution in [2.24, 2.45) is 0 Å². The summed E-state index contributed by atoms with van der Waals surface area (Å²) in [6.45, 7) is 3.96. The van der Waals surface area contributed by atoms with Crippen molar-refractivity contribution in [3.63, 3.8) is 0 Å². The number of nitrogens with one attached hydrogen (secondary N) is 1. The zero-order valence-corrected chi connectivity index (χ0v) is 12.0. The van der Waals surface area contributed by atoms with Crippen LogP contribution in [0.2, 0.25) is 0 Å². The minimum Gasteiger partial charge on any atom is -0.481 e. The molecule has 1 aromatic heterocycles. The normalized spacial score (nSPS) is 10.8. The summed E-state index contributed by atoms with van der Waals surface area (Å²) in [6, 6.07) is 6.10. The number of hydrogen-bond donors (Lipinski definition) is 2. The molecule has 0 saturated heterocycles. The highest BCUT2D eigenvalue weighted by atomic mass is 32.1. The van der Waals surface area contributed by atoms with E-state index in [1.54, 1.807) is 12.1 Å². The van der Waals surface area contributed by atoms with Gasteiger partial charge in [0.2, 0.25) is 0 Å². The Hall–Kier alpha value is -1.95. The first-order valence-electron chi connectivity index (χ1n) is 6.19. The average molecular weight is 294 g/mol. The summed E-state index contributed by atoms with van der Waals surface area (Å²) in [4.78, 5) is 16.0. The van der Waals surface area contributed by atoms with Crippen LogP contribution in [0.25, 0.3) is 11.3 Å². The Bertz CT molecular complexity index is 608. The highest BCUT2D eigenvalue weighted by molar-refractivity contribution is 7.16. The van der Waals surface area contributed by atoms with Crippen LogP contribution in [0.3, 0.4) is 0 Å². The van der Waals surface area contributed by atoms with Crippen molar-refractivity contribution >= 4 is 22.4 Å². The molecule has 0 saturated carbocycles. The summed E-state index contributed by atoms with van der Waals surface area (Å²) in [7, 11) is 0. The third-order valence-electron chi connectivity index (χ3n) is 2.54. The average Bonchev–Trinajstić information content (AvgIpc) is 2.71. The van der Waals surface area contributed by atoms with Crippen molar-refractivity contribution in [2.45, 2.75) is 26.3 Å². The Balaban J connectivity index is 2.40. The van der Waals surface area contributed by atoms with Gasteiger partial charge < -0.3 is 10.4 Å². The van der Waals surface area contributed by atoms with E-state index < -0.39 is 5.97 Å². The van der Waals surface area contributed by atoms with Gasteiger partial charge in [0.1, 0.15) is 5.82 Å². The first-order valence-corrected chi connectivity index (χ1v) is 7.01. The van der Waals surface area contributed by atoms with Gasteiger partial charge in [0.15, 0.2) is 5.13 Å². The van der Waals surface area contributed by atoms with Gasteiger partial charge in [-0.3, -0.25) is 4.79 Å². The summed E-state index contributed by atoms with van der Waals surface area (Å²) in [5.74, 6) is -1.24. The molecule has 1 aromatic carbocycles. The van der Waals surface area contributed by atoms with E-state index in [1.807, 2.05) is 13.8 Å². The summed E-state index contributed by atoms with van der Waals surface area (Å²) in [5, 5.41) is 12.8. The lowest BCUT2D eigenvalue weighted by atomic mass is 10.1. The fourth-order valence-electron chi connectivity index (χ4n) is 1.75. The predicted molar refractivity (Wildman–Crippen MR) is 77.6 cm³/mol. The van der Waals surface area contributed by atoms with Gasteiger partial charge in [-0.25, -0.2) is 9.37 Å². The lowest BCUT2D eigenvalue weighted by molar-refractivity contribution is -0.136. The number of anilines is 1. The van der Waals surface area contributed by atoms with Gasteiger partial charge in [-0.15, -0.1) is 11.3 Å². The number of rotatable bonds is 5. The number of carboxylic acids is 1. The van der Waals surface area contributed by atoms with Gasteiger partial charge in [0.25, 0.3) is 0 Å². The molecule has 0 radical (unpaired) electrons. The number of halogens is 1. The maximum Gasteiger partial charge on any atom is 0.308 e. The molecule has 2 rings (SSSR count). The summed E-state index contributed by atoms with van der Waals surface area (Å²) in [6.07, 6.45) is -0.0931. The number of aliphatic carboxylic acids is 1. The second kappa shape index (κ2) is 6.00. The number of hydrogen-bond acceptors (Lipinski definition) is 4. The molecule has 20 heavy (non-hydrogen) atoms. The van der Waals surface area contributed by atoms with Crippen LogP contribution in [0.4, 0.5) is 9.52 Å². The third-order valence-corrected chi connectivity index (χ3v) is 3.53. The molecule has 0 aliphatic carbocycles. The van der Waals surface area contributed by atoms with E-state index in [1.165, 1.54) is 23.5 Å². The van der Waals surface area contributed by atoms with Crippen LogP contribution < -0.4 is 5.32 Å². The second-order valence-electron chi connectivity index (χ2n) is 4.67. The first kappa shape index (κ1) is 14.5. The first-order chi connectivity index (χ1) is 9.45. The van der Waals surface area contributed by atoms with E-state index in [2.05, 4.69) is 10.3 Å². The Labute approximate surface area is 120 Å². The third kappa shape index (κ3) is 3.54. The molecule has 0 unspecified atom stereocenters. The summed E-state index contributed by atoms with van der Waals surface area (Å²) in [5.41, 5.74) is 1.32. The van der Waals surface area contributed by atoms with E-state index in [-0.39, 0.29) is 18.3 Å².